The highest BCUT2D eigenvalue weighted by molar-refractivity contribution is 5.75. The molecule has 0 aromatic heterocycles. The normalized spacial score (nSPS) is 27.7. The second kappa shape index (κ2) is 10.7. The fourth-order valence-corrected chi connectivity index (χ4v) is 6.04. The van der Waals surface area contributed by atoms with E-state index in [9.17, 15) is 18.0 Å². The maximum atomic E-state index is 13.4. The number of ether oxygens (including phenoxy) is 3. The Morgan fingerprint density at radius 2 is 1.77 bits per heavy atom. The Labute approximate surface area is 227 Å². The minimum atomic E-state index is -4.81. The van der Waals surface area contributed by atoms with Crippen LogP contribution in [0.5, 0.6) is 11.5 Å². The molecule has 1 spiro atoms. The molecule has 0 amide bonds. The summed E-state index contributed by atoms with van der Waals surface area (Å²) < 4.78 is 55.4. The molecule has 1 heterocycles. The van der Waals surface area contributed by atoms with Gasteiger partial charge in [-0.05, 0) is 83.1 Å². The fraction of sp³-hybridized carbons (Fsp3) is 0.567. The van der Waals surface area contributed by atoms with E-state index in [2.05, 4.69) is 10.2 Å². The third-order valence-corrected chi connectivity index (χ3v) is 7.84. The zero-order valence-corrected chi connectivity index (χ0v) is 22.6. The van der Waals surface area contributed by atoms with Crippen LogP contribution < -0.4 is 15.0 Å². The first kappa shape index (κ1) is 27.8. The van der Waals surface area contributed by atoms with Crippen molar-refractivity contribution in [2.45, 2.75) is 101 Å². The Bertz CT molecular complexity index is 1160. The van der Waals surface area contributed by atoms with Crippen molar-refractivity contribution in [2.75, 3.05) is 0 Å². The number of alkyl halides is 3. The van der Waals surface area contributed by atoms with Gasteiger partial charge in [-0.2, -0.15) is 5.48 Å². The van der Waals surface area contributed by atoms with E-state index < -0.39 is 29.5 Å². The third-order valence-electron chi connectivity index (χ3n) is 7.84. The molecular weight excluding hydrogens is 511 g/mol. The predicted octanol–water partition coefficient (Wildman–Crippen LogP) is 7.15. The Balaban J connectivity index is 1.48. The molecule has 212 valence electrons. The molecule has 0 radical (unpaired) electrons. The van der Waals surface area contributed by atoms with Gasteiger partial charge in [-0.1, -0.05) is 30.3 Å². The average Bonchev–Trinajstić information content (AvgIpc) is 3.24. The molecule has 9 heteroatoms. The average molecular weight is 548 g/mol. The SMILES string of the molecule is CC(C)(C)OC(=O)C1CCC[C@@]2(C[C@H](c3cc(OC(F)(F)F)ccc3OC3CCC3)NO2)[C@@H]1c1ccccc1. The smallest absolute Gasteiger partial charge is 0.490 e. The van der Waals surface area contributed by atoms with Crippen molar-refractivity contribution in [3.05, 3.63) is 59.7 Å². The minimum Gasteiger partial charge on any atom is -0.490 e. The molecule has 2 saturated carbocycles. The second-order valence-electron chi connectivity index (χ2n) is 11.9. The van der Waals surface area contributed by atoms with Crippen molar-refractivity contribution < 1.29 is 37.0 Å². The van der Waals surface area contributed by atoms with Crippen LogP contribution in [0, 0.1) is 5.92 Å². The van der Waals surface area contributed by atoms with Gasteiger partial charge in [0.15, 0.2) is 0 Å². The maximum absolute atomic E-state index is 13.4. The van der Waals surface area contributed by atoms with Crippen LogP contribution in [-0.4, -0.2) is 29.6 Å². The molecule has 2 aromatic rings. The van der Waals surface area contributed by atoms with E-state index in [-0.39, 0.29) is 23.7 Å². The summed E-state index contributed by atoms with van der Waals surface area (Å²) in [5, 5.41) is 0. The van der Waals surface area contributed by atoms with Gasteiger partial charge < -0.3 is 14.2 Å². The Hall–Kier alpha value is -2.78. The van der Waals surface area contributed by atoms with Gasteiger partial charge in [0.2, 0.25) is 0 Å². The molecule has 1 unspecified atom stereocenters. The number of carbonyl (C=O) groups is 1. The molecule has 5 rings (SSSR count). The molecule has 4 atom stereocenters. The molecule has 6 nitrogen and oxygen atoms in total. The lowest BCUT2D eigenvalue weighted by molar-refractivity contribution is -0.274. The van der Waals surface area contributed by atoms with Gasteiger partial charge in [0, 0.05) is 17.9 Å². The highest BCUT2D eigenvalue weighted by atomic mass is 19.4. The summed E-state index contributed by atoms with van der Waals surface area (Å²) >= 11 is 0. The molecule has 3 aliphatic rings. The maximum Gasteiger partial charge on any atom is 0.573 e. The van der Waals surface area contributed by atoms with Gasteiger partial charge in [-0.25, -0.2) is 0 Å². The summed E-state index contributed by atoms with van der Waals surface area (Å²) in [6.45, 7) is 5.55. The number of hydroxylamine groups is 1. The Morgan fingerprint density at radius 1 is 1.03 bits per heavy atom. The van der Waals surface area contributed by atoms with Crippen LogP contribution in [0.1, 0.15) is 88.8 Å². The van der Waals surface area contributed by atoms with Crippen LogP contribution in [0.4, 0.5) is 13.2 Å². The van der Waals surface area contributed by atoms with Crippen LogP contribution >= 0.6 is 0 Å². The topological polar surface area (TPSA) is 66.0 Å². The molecule has 2 aliphatic carbocycles. The van der Waals surface area contributed by atoms with Crippen LogP contribution in [0.25, 0.3) is 0 Å². The molecule has 1 aliphatic heterocycles. The molecule has 39 heavy (non-hydrogen) atoms. The van der Waals surface area contributed by atoms with Crippen LogP contribution in [-0.2, 0) is 14.4 Å². The van der Waals surface area contributed by atoms with Gasteiger partial charge in [0.1, 0.15) is 17.1 Å². The summed E-state index contributed by atoms with van der Waals surface area (Å²) in [4.78, 5) is 19.8. The molecule has 3 fully saturated rings. The number of carbonyl (C=O) groups excluding carboxylic acids is 1. The predicted molar refractivity (Wildman–Crippen MR) is 138 cm³/mol. The van der Waals surface area contributed by atoms with Crippen molar-refractivity contribution in [1.29, 1.82) is 0 Å². The number of nitrogens with one attached hydrogen (secondary N) is 1. The van der Waals surface area contributed by atoms with Crippen molar-refractivity contribution in [3.8, 4) is 11.5 Å². The first-order valence-electron chi connectivity index (χ1n) is 13.7. The molecular formula is C30H36F3NO5. The number of hydrogen-bond donors (Lipinski definition) is 1. The van der Waals surface area contributed by atoms with Crippen LogP contribution in [0.15, 0.2) is 48.5 Å². The van der Waals surface area contributed by atoms with Gasteiger partial charge >= 0.3 is 12.3 Å². The lowest BCUT2D eigenvalue weighted by Crippen LogP contribution is -2.47. The molecule has 0 bridgehead atoms. The minimum absolute atomic E-state index is 0.0395. The van der Waals surface area contributed by atoms with Crippen molar-refractivity contribution in [2.24, 2.45) is 5.92 Å². The number of halogens is 3. The van der Waals surface area contributed by atoms with Gasteiger partial charge in [0.05, 0.1) is 23.7 Å². The number of benzene rings is 2. The quantitative estimate of drug-likeness (QED) is 0.388. The van der Waals surface area contributed by atoms with E-state index in [1.807, 2.05) is 51.1 Å². The van der Waals surface area contributed by atoms with E-state index in [1.165, 1.54) is 12.1 Å². The highest BCUT2D eigenvalue weighted by Crippen LogP contribution is 2.54. The Morgan fingerprint density at radius 3 is 2.41 bits per heavy atom. The standard InChI is InChI=1S/C30H36F3NO5/c1-28(2,3)38-27(35)22-13-8-16-29(26(22)19-9-5-4-6-10-19)18-24(34-39-29)23-17-21(37-30(31,32)33)14-15-25(23)36-20-11-7-12-20/h4-6,9-10,14-15,17,20,22,24,26,34H,7-8,11-13,16,18H2,1-3H3/t22?,24-,26-,29-/m1/s1. The van der Waals surface area contributed by atoms with Crippen molar-refractivity contribution in [1.82, 2.24) is 5.48 Å². The first-order valence-corrected chi connectivity index (χ1v) is 13.7. The molecule has 2 aromatic carbocycles. The summed E-state index contributed by atoms with van der Waals surface area (Å²) in [7, 11) is 0. The highest BCUT2D eigenvalue weighted by Gasteiger charge is 2.55. The summed E-state index contributed by atoms with van der Waals surface area (Å²) in [5.41, 5.74) is 3.23. The zero-order chi connectivity index (χ0) is 27.8. The summed E-state index contributed by atoms with van der Waals surface area (Å²) in [6, 6.07) is 13.5. The monoisotopic (exact) mass is 547 g/mol. The van der Waals surface area contributed by atoms with E-state index >= 15 is 0 Å². The molecule has 1 N–H and O–H groups in total. The van der Waals surface area contributed by atoms with E-state index in [0.717, 1.165) is 31.2 Å². The third kappa shape index (κ3) is 6.35. The second-order valence-corrected chi connectivity index (χ2v) is 11.9. The lowest BCUT2D eigenvalue weighted by atomic mass is 9.64. The van der Waals surface area contributed by atoms with Crippen molar-refractivity contribution >= 4 is 5.97 Å². The van der Waals surface area contributed by atoms with Gasteiger partial charge in [0.25, 0.3) is 0 Å². The van der Waals surface area contributed by atoms with Gasteiger partial charge in [-0.3, -0.25) is 9.63 Å². The van der Waals surface area contributed by atoms with Crippen molar-refractivity contribution in [3.63, 3.8) is 0 Å². The largest absolute Gasteiger partial charge is 0.573 e. The number of hydrogen-bond acceptors (Lipinski definition) is 6. The lowest BCUT2D eigenvalue weighted by Gasteiger charge is -2.44. The van der Waals surface area contributed by atoms with E-state index in [0.29, 0.717) is 30.6 Å². The number of esters is 1. The zero-order valence-electron chi connectivity index (χ0n) is 22.6. The first-order chi connectivity index (χ1) is 18.4. The Kier molecular flexibility index (Phi) is 7.59. The van der Waals surface area contributed by atoms with Crippen LogP contribution in [0.3, 0.4) is 0 Å². The summed E-state index contributed by atoms with van der Waals surface area (Å²) in [5.74, 6) is -0.784. The van der Waals surface area contributed by atoms with Crippen LogP contribution in [0.2, 0.25) is 0 Å². The molecule has 1 saturated heterocycles. The fourth-order valence-electron chi connectivity index (χ4n) is 6.04. The van der Waals surface area contributed by atoms with Gasteiger partial charge in [-0.15, -0.1) is 13.2 Å². The summed E-state index contributed by atoms with van der Waals surface area (Å²) in [6.07, 6.45) is 0.663. The van der Waals surface area contributed by atoms with E-state index in [4.69, 9.17) is 14.3 Å². The van der Waals surface area contributed by atoms with E-state index in [1.54, 1.807) is 6.07 Å². The number of rotatable bonds is 6.